The van der Waals surface area contributed by atoms with Gasteiger partial charge in [0, 0.05) is 0 Å². The Kier molecular flexibility index (Phi) is 3.54. The van der Waals surface area contributed by atoms with Crippen molar-refractivity contribution >= 4 is 0 Å². The highest BCUT2D eigenvalue weighted by atomic mass is 16.5. The van der Waals surface area contributed by atoms with Crippen LogP contribution < -0.4 is 4.74 Å². The number of ether oxygens (including phenoxy) is 1. The molecular formula is C9H12O4. The number of hydrogen-bond donors (Lipinski definition) is 3. The van der Waals surface area contributed by atoms with E-state index in [2.05, 4.69) is 0 Å². The standard InChI is InChI=1S/C9H12O4/c10-5-7(11)6-13-9-4-2-1-3-8(9)12/h1-4,7,10-12H,5-6H2. The smallest absolute Gasteiger partial charge is 0.161 e. The molecule has 0 aromatic heterocycles. The van der Waals surface area contributed by atoms with Crippen molar-refractivity contribution in [2.24, 2.45) is 0 Å². The zero-order valence-corrected chi connectivity index (χ0v) is 7.05. The molecule has 0 heterocycles. The first kappa shape index (κ1) is 9.83. The molecule has 0 spiro atoms. The molecule has 0 saturated heterocycles. The first-order chi connectivity index (χ1) is 6.24. The van der Waals surface area contributed by atoms with Gasteiger partial charge in [-0.25, -0.2) is 0 Å². The van der Waals surface area contributed by atoms with Crippen molar-refractivity contribution in [3.63, 3.8) is 0 Å². The Morgan fingerprint density at radius 2 is 2.00 bits per heavy atom. The number of para-hydroxylation sites is 2. The van der Waals surface area contributed by atoms with Crippen LogP contribution in [0, 0.1) is 0 Å². The van der Waals surface area contributed by atoms with Crippen LogP contribution in [0.4, 0.5) is 0 Å². The monoisotopic (exact) mass is 184 g/mol. The summed E-state index contributed by atoms with van der Waals surface area (Å²) in [6, 6.07) is 6.45. The number of aliphatic hydroxyl groups excluding tert-OH is 2. The molecule has 1 atom stereocenters. The van der Waals surface area contributed by atoms with E-state index in [0.29, 0.717) is 5.75 Å². The Hall–Kier alpha value is -1.26. The topological polar surface area (TPSA) is 69.9 Å². The lowest BCUT2D eigenvalue weighted by molar-refractivity contribution is 0.0527. The molecule has 1 unspecified atom stereocenters. The van der Waals surface area contributed by atoms with E-state index in [4.69, 9.17) is 14.9 Å². The van der Waals surface area contributed by atoms with Gasteiger partial charge in [0.15, 0.2) is 11.5 Å². The average molecular weight is 184 g/mol. The molecule has 1 rings (SSSR count). The Labute approximate surface area is 76.0 Å². The lowest BCUT2D eigenvalue weighted by Gasteiger charge is -2.10. The Bertz CT molecular complexity index is 262. The lowest BCUT2D eigenvalue weighted by Crippen LogP contribution is -2.21. The summed E-state index contributed by atoms with van der Waals surface area (Å²) in [6.45, 7) is -0.387. The van der Waals surface area contributed by atoms with Crippen molar-refractivity contribution in [1.29, 1.82) is 0 Å². The molecule has 1 aromatic carbocycles. The van der Waals surface area contributed by atoms with E-state index in [-0.39, 0.29) is 19.0 Å². The third-order valence-electron chi connectivity index (χ3n) is 1.51. The highest BCUT2D eigenvalue weighted by Gasteiger charge is 2.05. The SMILES string of the molecule is OCC(O)COc1ccccc1O. The molecule has 0 radical (unpaired) electrons. The minimum Gasteiger partial charge on any atom is -0.504 e. The van der Waals surface area contributed by atoms with Crippen LogP contribution in [0.15, 0.2) is 24.3 Å². The summed E-state index contributed by atoms with van der Waals surface area (Å²) in [4.78, 5) is 0. The van der Waals surface area contributed by atoms with Crippen molar-refractivity contribution < 1.29 is 20.1 Å². The van der Waals surface area contributed by atoms with E-state index in [1.807, 2.05) is 0 Å². The third-order valence-corrected chi connectivity index (χ3v) is 1.51. The highest BCUT2D eigenvalue weighted by Crippen LogP contribution is 2.24. The number of aromatic hydroxyl groups is 1. The van der Waals surface area contributed by atoms with Crippen LogP contribution in [0.2, 0.25) is 0 Å². The van der Waals surface area contributed by atoms with Crippen LogP contribution in [-0.4, -0.2) is 34.6 Å². The molecule has 0 aliphatic rings. The van der Waals surface area contributed by atoms with Gasteiger partial charge in [0.05, 0.1) is 6.61 Å². The summed E-state index contributed by atoms with van der Waals surface area (Å²) in [5.41, 5.74) is 0. The Morgan fingerprint density at radius 3 is 2.62 bits per heavy atom. The summed E-state index contributed by atoms with van der Waals surface area (Å²) >= 11 is 0. The van der Waals surface area contributed by atoms with E-state index >= 15 is 0 Å². The molecule has 4 nitrogen and oxygen atoms in total. The van der Waals surface area contributed by atoms with Gasteiger partial charge in [0.2, 0.25) is 0 Å². The normalized spacial score (nSPS) is 12.5. The minimum absolute atomic E-state index is 0.0210. The van der Waals surface area contributed by atoms with Gasteiger partial charge in [-0.15, -0.1) is 0 Å². The van der Waals surface area contributed by atoms with Crippen LogP contribution in [0.1, 0.15) is 0 Å². The quantitative estimate of drug-likeness (QED) is 0.621. The molecule has 1 aromatic rings. The molecule has 0 aliphatic carbocycles. The molecule has 4 heteroatoms. The summed E-state index contributed by atoms with van der Waals surface area (Å²) in [5.74, 6) is 0.322. The average Bonchev–Trinajstić information content (AvgIpc) is 2.16. The van der Waals surface area contributed by atoms with E-state index < -0.39 is 6.10 Å². The van der Waals surface area contributed by atoms with Crippen LogP contribution in [0.5, 0.6) is 11.5 Å². The van der Waals surface area contributed by atoms with Crippen molar-refractivity contribution in [2.75, 3.05) is 13.2 Å². The maximum absolute atomic E-state index is 9.23. The fourth-order valence-corrected chi connectivity index (χ4v) is 0.818. The predicted octanol–water partition coefficient (Wildman–Crippen LogP) is 0.124. The van der Waals surface area contributed by atoms with Crippen molar-refractivity contribution in [2.45, 2.75) is 6.10 Å². The first-order valence-corrected chi connectivity index (χ1v) is 3.93. The summed E-state index contributed by atoms with van der Waals surface area (Å²) < 4.78 is 5.03. The molecule has 72 valence electrons. The second-order valence-corrected chi connectivity index (χ2v) is 2.62. The van der Waals surface area contributed by atoms with E-state index in [1.54, 1.807) is 18.2 Å². The molecule has 3 N–H and O–H groups in total. The van der Waals surface area contributed by atoms with Gasteiger partial charge in [-0.05, 0) is 12.1 Å². The van der Waals surface area contributed by atoms with Gasteiger partial charge in [0.25, 0.3) is 0 Å². The van der Waals surface area contributed by atoms with Gasteiger partial charge < -0.3 is 20.1 Å². The highest BCUT2D eigenvalue weighted by molar-refractivity contribution is 5.37. The van der Waals surface area contributed by atoms with Gasteiger partial charge in [0.1, 0.15) is 12.7 Å². The molecule has 0 saturated carbocycles. The maximum Gasteiger partial charge on any atom is 0.161 e. The van der Waals surface area contributed by atoms with E-state index in [0.717, 1.165) is 0 Å². The molecule has 0 amide bonds. The van der Waals surface area contributed by atoms with Crippen molar-refractivity contribution in [3.8, 4) is 11.5 Å². The van der Waals surface area contributed by atoms with E-state index in [1.165, 1.54) is 6.07 Å². The number of aliphatic hydroxyl groups is 2. The number of rotatable bonds is 4. The van der Waals surface area contributed by atoms with Crippen LogP contribution >= 0.6 is 0 Å². The second kappa shape index (κ2) is 4.69. The van der Waals surface area contributed by atoms with Crippen LogP contribution in [-0.2, 0) is 0 Å². The lowest BCUT2D eigenvalue weighted by atomic mass is 10.3. The second-order valence-electron chi connectivity index (χ2n) is 2.62. The number of phenols is 1. The van der Waals surface area contributed by atoms with Gasteiger partial charge in [-0.2, -0.15) is 0 Å². The Morgan fingerprint density at radius 1 is 1.31 bits per heavy atom. The zero-order valence-electron chi connectivity index (χ0n) is 7.05. The van der Waals surface area contributed by atoms with Crippen LogP contribution in [0.25, 0.3) is 0 Å². The largest absolute Gasteiger partial charge is 0.504 e. The van der Waals surface area contributed by atoms with Gasteiger partial charge in [-0.1, -0.05) is 12.1 Å². The summed E-state index contributed by atoms with van der Waals surface area (Å²) in [6.07, 6.45) is -0.917. The molecular weight excluding hydrogens is 172 g/mol. The molecule has 0 aliphatic heterocycles. The fraction of sp³-hybridized carbons (Fsp3) is 0.333. The van der Waals surface area contributed by atoms with Gasteiger partial charge in [-0.3, -0.25) is 0 Å². The number of hydrogen-bond acceptors (Lipinski definition) is 4. The molecule has 13 heavy (non-hydrogen) atoms. The fourth-order valence-electron chi connectivity index (χ4n) is 0.818. The molecule has 0 fully saturated rings. The number of benzene rings is 1. The predicted molar refractivity (Wildman–Crippen MR) is 46.7 cm³/mol. The Balaban J connectivity index is 2.50. The molecule has 0 bridgehead atoms. The summed E-state index contributed by atoms with van der Waals surface area (Å²) in [7, 11) is 0. The zero-order chi connectivity index (χ0) is 9.68. The van der Waals surface area contributed by atoms with Crippen molar-refractivity contribution in [3.05, 3.63) is 24.3 Å². The first-order valence-electron chi connectivity index (χ1n) is 3.93. The van der Waals surface area contributed by atoms with Gasteiger partial charge >= 0.3 is 0 Å². The van der Waals surface area contributed by atoms with Crippen LogP contribution in [0.3, 0.4) is 0 Å². The van der Waals surface area contributed by atoms with E-state index in [9.17, 15) is 5.11 Å². The maximum atomic E-state index is 9.23. The minimum atomic E-state index is -0.917. The van der Waals surface area contributed by atoms with Crippen molar-refractivity contribution in [1.82, 2.24) is 0 Å². The number of phenolic OH excluding ortho intramolecular Hbond substituents is 1. The summed E-state index contributed by atoms with van der Waals surface area (Å²) in [5, 5.41) is 26.7. The third kappa shape index (κ3) is 2.93.